The van der Waals surface area contributed by atoms with Gasteiger partial charge in [0.05, 0.1) is 12.3 Å². The molecule has 0 unspecified atom stereocenters. The van der Waals surface area contributed by atoms with Gasteiger partial charge in [-0.1, -0.05) is 6.07 Å². The van der Waals surface area contributed by atoms with Gasteiger partial charge in [-0.05, 0) is 25.1 Å². The number of anilines is 1. The smallest absolute Gasteiger partial charge is 0.240 e. The van der Waals surface area contributed by atoms with E-state index in [0.717, 1.165) is 6.07 Å². The van der Waals surface area contributed by atoms with Crippen molar-refractivity contribution in [3.8, 4) is 17.5 Å². The van der Waals surface area contributed by atoms with Crippen LogP contribution in [0.15, 0.2) is 30.3 Å². The number of nitrogens with two attached hydrogens (primary N) is 1. The summed E-state index contributed by atoms with van der Waals surface area (Å²) in [5.74, 6) is -2.05. The summed E-state index contributed by atoms with van der Waals surface area (Å²) in [6.45, 7) is 2.16. The van der Waals surface area contributed by atoms with E-state index in [0.29, 0.717) is 12.3 Å². The van der Waals surface area contributed by atoms with Crippen molar-refractivity contribution < 1.29 is 18.3 Å². The van der Waals surface area contributed by atoms with Crippen molar-refractivity contribution in [3.05, 3.63) is 42.0 Å². The Hall–Kier alpha value is -2.37. The van der Waals surface area contributed by atoms with Crippen LogP contribution in [0.25, 0.3) is 0 Å². The van der Waals surface area contributed by atoms with E-state index in [-0.39, 0.29) is 17.5 Å². The number of ether oxygens (including phenoxy) is 2. The molecule has 0 atom stereocenters. The molecule has 0 amide bonds. The largest absolute Gasteiger partial charge is 0.476 e. The number of benzene rings is 1. The van der Waals surface area contributed by atoms with Crippen molar-refractivity contribution in [2.75, 3.05) is 12.3 Å². The van der Waals surface area contributed by atoms with Gasteiger partial charge in [0.25, 0.3) is 0 Å². The molecule has 0 bridgehead atoms. The Kier molecular flexibility index (Phi) is 3.79. The standard InChI is InChI=1S/C13H12F2N2O2/c1-2-18-13-9(16)6-7-11(17-13)19-10-5-3-4-8(14)12(10)15/h3-7H,2,16H2,1H3. The highest BCUT2D eigenvalue weighted by Crippen LogP contribution is 2.28. The molecule has 0 aliphatic carbocycles. The predicted octanol–water partition coefficient (Wildman–Crippen LogP) is 3.13. The van der Waals surface area contributed by atoms with Gasteiger partial charge in [-0.3, -0.25) is 0 Å². The number of rotatable bonds is 4. The normalized spacial score (nSPS) is 10.3. The average molecular weight is 266 g/mol. The van der Waals surface area contributed by atoms with Crippen molar-refractivity contribution in [2.45, 2.75) is 6.92 Å². The van der Waals surface area contributed by atoms with E-state index in [9.17, 15) is 8.78 Å². The number of nitrogens with zero attached hydrogens (tertiary/aromatic N) is 1. The summed E-state index contributed by atoms with van der Waals surface area (Å²) in [6.07, 6.45) is 0. The van der Waals surface area contributed by atoms with Crippen LogP contribution in [0.1, 0.15) is 6.92 Å². The molecule has 6 heteroatoms. The molecule has 2 rings (SSSR count). The zero-order chi connectivity index (χ0) is 13.8. The fraction of sp³-hybridized carbons (Fsp3) is 0.154. The third-order valence-corrected chi connectivity index (χ3v) is 2.28. The van der Waals surface area contributed by atoms with Gasteiger partial charge in [0, 0.05) is 6.07 Å². The summed E-state index contributed by atoms with van der Waals surface area (Å²) in [7, 11) is 0. The molecule has 0 fully saturated rings. The molecule has 2 aromatic rings. The maximum Gasteiger partial charge on any atom is 0.240 e. The van der Waals surface area contributed by atoms with E-state index in [1.165, 1.54) is 24.3 Å². The molecule has 1 aromatic carbocycles. The van der Waals surface area contributed by atoms with E-state index >= 15 is 0 Å². The summed E-state index contributed by atoms with van der Waals surface area (Å²) < 4.78 is 36.8. The second kappa shape index (κ2) is 5.51. The Morgan fingerprint density at radius 2 is 2.00 bits per heavy atom. The Morgan fingerprint density at radius 3 is 2.74 bits per heavy atom. The summed E-state index contributed by atoms with van der Waals surface area (Å²) in [6, 6.07) is 6.61. The number of halogens is 2. The van der Waals surface area contributed by atoms with Crippen LogP contribution in [0.2, 0.25) is 0 Å². The maximum absolute atomic E-state index is 13.4. The van der Waals surface area contributed by atoms with Crippen LogP contribution in [-0.4, -0.2) is 11.6 Å². The third-order valence-electron chi connectivity index (χ3n) is 2.28. The lowest BCUT2D eigenvalue weighted by Crippen LogP contribution is -2.01. The van der Waals surface area contributed by atoms with Crippen molar-refractivity contribution in [1.29, 1.82) is 0 Å². The summed E-state index contributed by atoms with van der Waals surface area (Å²) in [5.41, 5.74) is 5.99. The molecule has 1 heterocycles. The molecular weight excluding hydrogens is 254 g/mol. The molecular formula is C13H12F2N2O2. The highest BCUT2D eigenvalue weighted by atomic mass is 19.2. The van der Waals surface area contributed by atoms with E-state index in [1.54, 1.807) is 6.92 Å². The Bertz CT molecular complexity index is 591. The van der Waals surface area contributed by atoms with E-state index in [4.69, 9.17) is 15.2 Å². The first-order valence-electron chi connectivity index (χ1n) is 5.63. The molecule has 0 aliphatic rings. The van der Waals surface area contributed by atoms with Gasteiger partial charge in [0.15, 0.2) is 11.6 Å². The summed E-state index contributed by atoms with van der Waals surface area (Å²) >= 11 is 0. The van der Waals surface area contributed by atoms with Crippen molar-refractivity contribution in [2.24, 2.45) is 0 Å². The molecule has 0 spiro atoms. The van der Waals surface area contributed by atoms with Crippen LogP contribution in [-0.2, 0) is 0 Å². The highest BCUT2D eigenvalue weighted by Gasteiger charge is 2.11. The first-order valence-corrected chi connectivity index (χ1v) is 5.63. The summed E-state index contributed by atoms with van der Waals surface area (Å²) in [4.78, 5) is 3.97. The van der Waals surface area contributed by atoms with Gasteiger partial charge in [-0.15, -0.1) is 0 Å². The van der Waals surface area contributed by atoms with Crippen LogP contribution in [0, 0.1) is 11.6 Å². The lowest BCUT2D eigenvalue weighted by Gasteiger charge is -2.09. The monoisotopic (exact) mass is 266 g/mol. The quantitative estimate of drug-likeness (QED) is 0.923. The van der Waals surface area contributed by atoms with Crippen molar-refractivity contribution >= 4 is 5.69 Å². The average Bonchev–Trinajstić information content (AvgIpc) is 2.39. The van der Waals surface area contributed by atoms with Crippen molar-refractivity contribution in [1.82, 2.24) is 4.98 Å². The first-order chi connectivity index (χ1) is 9.11. The minimum absolute atomic E-state index is 0.0714. The zero-order valence-corrected chi connectivity index (χ0v) is 10.2. The molecule has 0 aliphatic heterocycles. The van der Waals surface area contributed by atoms with Gasteiger partial charge in [0.2, 0.25) is 17.6 Å². The number of nitrogen functional groups attached to an aromatic ring is 1. The van der Waals surface area contributed by atoms with Crippen molar-refractivity contribution in [3.63, 3.8) is 0 Å². The Morgan fingerprint density at radius 1 is 1.21 bits per heavy atom. The van der Waals surface area contributed by atoms with Gasteiger partial charge in [-0.2, -0.15) is 9.37 Å². The minimum Gasteiger partial charge on any atom is -0.476 e. The molecule has 100 valence electrons. The molecule has 19 heavy (non-hydrogen) atoms. The molecule has 0 radical (unpaired) electrons. The van der Waals surface area contributed by atoms with Gasteiger partial charge < -0.3 is 15.2 Å². The predicted molar refractivity (Wildman–Crippen MR) is 66.3 cm³/mol. The number of hydrogen-bond donors (Lipinski definition) is 1. The number of pyridine rings is 1. The maximum atomic E-state index is 13.4. The zero-order valence-electron chi connectivity index (χ0n) is 10.2. The topological polar surface area (TPSA) is 57.4 Å². The van der Waals surface area contributed by atoms with E-state index < -0.39 is 11.6 Å². The van der Waals surface area contributed by atoms with E-state index in [1.807, 2.05) is 0 Å². The second-order valence-electron chi connectivity index (χ2n) is 3.63. The van der Waals surface area contributed by atoms with Crippen LogP contribution < -0.4 is 15.2 Å². The molecule has 4 nitrogen and oxygen atoms in total. The van der Waals surface area contributed by atoms with Crippen LogP contribution in [0.5, 0.6) is 17.5 Å². The molecule has 0 saturated heterocycles. The van der Waals surface area contributed by atoms with Gasteiger partial charge in [0.1, 0.15) is 0 Å². The van der Waals surface area contributed by atoms with Gasteiger partial charge in [-0.25, -0.2) is 4.39 Å². The van der Waals surface area contributed by atoms with Gasteiger partial charge >= 0.3 is 0 Å². The molecule has 0 saturated carbocycles. The van der Waals surface area contributed by atoms with E-state index in [2.05, 4.69) is 4.98 Å². The highest BCUT2D eigenvalue weighted by molar-refractivity contribution is 5.49. The fourth-order valence-electron chi connectivity index (χ4n) is 1.42. The first kappa shape index (κ1) is 13.1. The molecule has 2 N–H and O–H groups in total. The second-order valence-corrected chi connectivity index (χ2v) is 3.63. The Labute approximate surface area is 108 Å². The summed E-state index contributed by atoms with van der Waals surface area (Å²) in [5, 5.41) is 0. The SMILES string of the molecule is CCOc1nc(Oc2cccc(F)c2F)ccc1N. The van der Waals surface area contributed by atoms with Crippen LogP contribution >= 0.6 is 0 Å². The number of hydrogen-bond acceptors (Lipinski definition) is 4. The molecule has 1 aromatic heterocycles. The fourth-order valence-corrected chi connectivity index (χ4v) is 1.42. The third kappa shape index (κ3) is 2.90. The minimum atomic E-state index is -1.07. The number of aromatic nitrogens is 1. The van der Waals surface area contributed by atoms with Crippen LogP contribution in [0.4, 0.5) is 14.5 Å². The lowest BCUT2D eigenvalue weighted by molar-refractivity contribution is 0.321. The lowest BCUT2D eigenvalue weighted by atomic mass is 10.3. The Balaban J connectivity index is 2.28. The van der Waals surface area contributed by atoms with Crippen LogP contribution in [0.3, 0.4) is 0 Å².